The molecule has 32 heavy (non-hydrogen) atoms. The molecular formula is C24H28F2N4O2. The minimum atomic E-state index is -0.916. The van der Waals surface area contributed by atoms with Gasteiger partial charge in [0.05, 0.1) is 12.2 Å². The van der Waals surface area contributed by atoms with E-state index in [9.17, 15) is 18.4 Å². The summed E-state index contributed by atoms with van der Waals surface area (Å²) in [5.74, 6) is -1.14. The van der Waals surface area contributed by atoms with Crippen LogP contribution < -0.4 is 0 Å². The Kier molecular flexibility index (Phi) is 6.24. The molecule has 0 unspecified atom stereocenters. The normalized spacial score (nSPS) is 18.9. The largest absolute Gasteiger partial charge is 0.328 e. The molecule has 2 fully saturated rings. The second-order valence-corrected chi connectivity index (χ2v) is 9.01. The van der Waals surface area contributed by atoms with Crippen molar-refractivity contribution in [3.63, 3.8) is 0 Å². The molecule has 4 rings (SSSR count). The van der Waals surface area contributed by atoms with E-state index in [4.69, 9.17) is 0 Å². The van der Waals surface area contributed by atoms with Crippen molar-refractivity contribution in [2.24, 2.45) is 5.92 Å². The van der Waals surface area contributed by atoms with Crippen molar-refractivity contribution >= 4 is 11.9 Å². The SMILES string of the molecule is CC(C)CN1C(=O)N(Cc2ccccn2)C(=O)C12CCN(Cc1c(F)cccc1F)CC2. The van der Waals surface area contributed by atoms with Gasteiger partial charge >= 0.3 is 6.03 Å². The standard InChI is InChI=1S/C24H28F2N4O2/c1-17(2)14-30-23(32)29(15-18-6-3-4-11-27-18)22(31)24(30)9-12-28(13-10-24)16-19-20(25)7-5-8-21(19)26/h3-8,11,17H,9-10,12-16H2,1-2H3. The lowest BCUT2D eigenvalue weighted by molar-refractivity contribution is -0.136. The number of carbonyl (C=O) groups excluding carboxylic acids is 2. The van der Waals surface area contributed by atoms with Crippen molar-refractivity contribution < 1.29 is 18.4 Å². The first-order chi connectivity index (χ1) is 15.3. The molecule has 2 saturated heterocycles. The summed E-state index contributed by atoms with van der Waals surface area (Å²) in [6.07, 6.45) is 2.50. The summed E-state index contributed by atoms with van der Waals surface area (Å²) < 4.78 is 28.2. The van der Waals surface area contributed by atoms with Crippen molar-refractivity contribution in [1.82, 2.24) is 19.7 Å². The summed E-state index contributed by atoms with van der Waals surface area (Å²) in [5, 5.41) is 0. The number of rotatable bonds is 6. The smallest absolute Gasteiger partial charge is 0.309 e. The van der Waals surface area contributed by atoms with Gasteiger partial charge in [0.2, 0.25) is 0 Å². The number of piperidine rings is 1. The molecule has 2 aromatic rings. The van der Waals surface area contributed by atoms with Gasteiger partial charge in [-0.2, -0.15) is 0 Å². The highest BCUT2D eigenvalue weighted by molar-refractivity contribution is 6.07. The molecule has 0 radical (unpaired) electrons. The van der Waals surface area contributed by atoms with Gasteiger partial charge < -0.3 is 4.90 Å². The van der Waals surface area contributed by atoms with E-state index in [0.717, 1.165) is 0 Å². The van der Waals surface area contributed by atoms with Crippen LogP contribution >= 0.6 is 0 Å². The Morgan fingerprint density at radius 2 is 1.69 bits per heavy atom. The van der Waals surface area contributed by atoms with Crippen molar-refractivity contribution in [1.29, 1.82) is 0 Å². The van der Waals surface area contributed by atoms with Crippen LogP contribution in [0.2, 0.25) is 0 Å². The lowest BCUT2D eigenvalue weighted by atomic mass is 9.85. The van der Waals surface area contributed by atoms with Crippen LogP contribution in [0.1, 0.15) is 37.9 Å². The number of nitrogens with zero attached hydrogens (tertiary/aromatic N) is 4. The van der Waals surface area contributed by atoms with Crippen LogP contribution in [-0.4, -0.2) is 56.8 Å². The highest BCUT2D eigenvalue weighted by Crippen LogP contribution is 2.39. The van der Waals surface area contributed by atoms with Crippen molar-refractivity contribution in [2.45, 2.75) is 45.3 Å². The van der Waals surface area contributed by atoms with Crippen LogP contribution in [0.15, 0.2) is 42.6 Å². The first kappa shape index (κ1) is 22.3. The number of imide groups is 1. The van der Waals surface area contributed by atoms with Crippen LogP contribution in [0.25, 0.3) is 0 Å². The lowest BCUT2D eigenvalue weighted by Crippen LogP contribution is -2.57. The number of hydrogen-bond donors (Lipinski definition) is 0. The summed E-state index contributed by atoms with van der Waals surface area (Å²) >= 11 is 0. The third-order valence-electron chi connectivity index (χ3n) is 6.34. The molecule has 1 aromatic heterocycles. The van der Waals surface area contributed by atoms with E-state index >= 15 is 0 Å². The van der Waals surface area contributed by atoms with E-state index in [-0.39, 0.29) is 36.5 Å². The van der Waals surface area contributed by atoms with Crippen LogP contribution in [0.3, 0.4) is 0 Å². The first-order valence-corrected chi connectivity index (χ1v) is 11.0. The monoisotopic (exact) mass is 442 g/mol. The molecule has 3 amide bonds. The fourth-order valence-corrected chi connectivity index (χ4v) is 4.67. The zero-order chi connectivity index (χ0) is 22.9. The topological polar surface area (TPSA) is 56.8 Å². The summed E-state index contributed by atoms with van der Waals surface area (Å²) in [6, 6.07) is 8.98. The number of carbonyl (C=O) groups is 2. The highest BCUT2D eigenvalue weighted by Gasteiger charge is 2.57. The van der Waals surface area contributed by atoms with Crippen LogP contribution in [-0.2, 0) is 17.9 Å². The first-order valence-electron chi connectivity index (χ1n) is 11.0. The molecule has 0 bridgehead atoms. The van der Waals surface area contributed by atoms with Crippen molar-refractivity contribution in [3.8, 4) is 0 Å². The number of amides is 3. The number of benzene rings is 1. The molecule has 6 nitrogen and oxygen atoms in total. The Morgan fingerprint density at radius 3 is 2.28 bits per heavy atom. The Balaban J connectivity index is 1.54. The number of likely N-dealkylation sites (tertiary alicyclic amines) is 1. The molecule has 170 valence electrons. The highest BCUT2D eigenvalue weighted by atomic mass is 19.1. The zero-order valence-electron chi connectivity index (χ0n) is 18.4. The number of halogens is 2. The number of hydrogen-bond acceptors (Lipinski definition) is 4. The molecule has 0 aliphatic carbocycles. The summed E-state index contributed by atoms with van der Waals surface area (Å²) in [6.45, 7) is 5.73. The number of aromatic nitrogens is 1. The van der Waals surface area contributed by atoms with Gasteiger partial charge in [-0.3, -0.25) is 19.6 Å². The Hall–Kier alpha value is -2.87. The van der Waals surface area contributed by atoms with Crippen LogP contribution in [0.4, 0.5) is 13.6 Å². The molecule has 2 aliphatic rings. The van der Waals surface area contributed by atoms with Gasteiger partial charge in [0.15, 0.2) is 0 Å². The van der Waals surface area contributed by atoms with E-state index in [1.807, 2.05) is 24.8 Å². The maximum absolute atomic E-state index is 14.1. The quantitative estimate of drug-likeness (QED) is 0.639. The fraction of sp³-hybridized carbons (Fsp3) is 0.458. The van der Waals surface area contributed by atoms with Gasteiger partial charge in [-0.25, -0.2) is 13.6 Å². The predicted octanol–water partition coefficient (Wildman–Crippen LogP) is 3.81. The molecule has 1 spiro atoms. The van der Waals surface area contributed by atoms with Gasteiger partial charge in [0, 0.05) is 37.9 Å². The molecule has 0 saturated carbocycles. The van der Waals surface area contributed by atoms with Gasteiger partial charge in [0.25, 0.3) is 5.91 Å². The van der Waals surface area contributed by atoms with Gasteiger partial charge in [-0.05, 0) is 43.0 Å². The maximum Gasteiger partial charge on any atom is 0.328 e. The van der Waals surface area contributed by atoms with Crippen molar-refractivity contribution in [2.75, 3.05) is 19.6 Å². The van der Waals surface area contributed by atoms with Crippen LogP contribution in [0.5, 0.6) is 0 Å². The number of pyridine rings is 1. The molecule has 2 aliphatic heterocycles. The van der Waals surface area contributed by atoms with E-state index in [1.165, 1.54) is 23.1 Å². The third kappa shape index (κ3) is 4.11. The average Bonchev–Trinajstić information content (AvgIpc) is 2.95. The van der Waals surface area contributed by atoms with E-state index in [2.05, 4.69) is 4.98 Å². The van der Waals surface area contributed by atoms with Crippen LogP contribution in [0, 0.1) is 17.6 Å². The van der Waals surface area contributed by atoms with Gasteiger partial charge in [0.1, 0.15) is 17.2 Å². The third-order valence-corrected chi connectivity index (χ3v) is 6.34. The molecule has 1 aromatic carbocycles. The predicted molar refractivity (Wildman–Crippen MR) is 115 cm³/mol. The Bertz CT molecular complexity index is 970. The summed E-state index contributed by atoms with van der Waals surface area (Å²) in [5.41, 5.74) is -0.225. The minimum Gasteiger partial charge on any atom is -0.309 e. The molecule has 8 heteroatoms. The van der Waals surface area contributed by atoms with Gasteiger partial charge in [-0.15, -0.1) is 0 Å². The zero-order valence-corrected chi connectivity index (χ0v) is 18.4. The Labute approximate surface area is 186 Å². The maximum atomic E-state index is 14.1. The van der Waals surface area contributed by atoms with Crippen molar-refractivity contribution in [3.05, 3.63) is 65.5 Å². The summed E-state index contributed by atoms with van der Waals surface area (Å²) in [7, 11) is 0. The van der Waals surface area contributed by atoms with E-state index in [1.54, 1.807) is 23.2 Å². The molecule has 3 heterocycles. The average molecular weight is 443 g/mol. The number of urea groups is 1. The fourth-order valence-electron chi connectivity index (χ4n) is 4.67. The second kappa shape index (κ2) is 8.94. The van der Waals surface area contributed by atoms with Gasteiger partial charge in [-0.1, -0.05) is 26.0 Å². The minimum absolute atomic E-state index is 0.0353. The Morgan fingerprint density at radius 1 is 1.00 bits per heavy atom. The molecule has 0 atom stereocenters. The second-order valence-electron chi connectivity index (χ2n) is 9.01. The molecular weight excluding hydrogens is 414 g/mol. The lowest BCUT2D eigenvalue weighted by Gasteiger charge is -2.42. The summed E-state index contributed by atoms with van der Waals surface area (Å²) in [4.78, 5) is 36.1. The molecule has 0 N–H and O–H groups in total. The van der Waals surface area contributed by atoms with E-state index < -0.39 is 17.2 Å². The van der Waals surface area contributed by atoms with E-state index in [0.29, 0.717) is 38.2 Å².